The van der Waals surface area contributed by atoms with Crippen LogP contribution in [0.25, 0.3) is 6.08 Å². The molecule has 0 aliphatic carbocycles. The molecule has 1 atom stereocenters. The smallest absolute Gasteiger partial charge is 0.338 e. The highest BCUT2D eigenvalue weighted by Gasteiger charge is 2.33. The van der Waals surface area contributed by atoms with Crippen LogP contribution in [0.15, 0.2) is 63.5 Å². The Morgan fingerprint density at radius 2 is 1.82 bits per heavy atom. The van der Waals surface area contributed by atoms with E-state index in [0.717, 1.165) is 24.0 Å². The number of hydrogen-bond acceptors (Lipinski definition) is 8. The van der Waals surface area contributed by atoms with Crippen molar-refractivity contribution in [2.75, 3.05) is 26.9 Å². The number of carbonyl (C=O) groups excluding carboxylic acids is 1. The van der Waals surface area contributed by atoms with Crippen molar-refractivity contribution in [1.29, 1.82) is 0 Å². The molecule has 0 radical (unpaired) electrons. The Morgan fingerprint density at radius 3 is 2.49 bits per heavy atom. The molecular formula is C30H34N2O6S. The van der Waals surface area contributed by atoms with Crippen LogP contribution in [-0.4, -0.2) is 37.5 Å². The Bertz CT molecular complexity index is 1530. The van der Waals surface area contributed by atoms with E-state index in [9.17, 15) is 9.59 Å². The topological polar surface area (TPSA) is 88.4 Å². The molecule has 0 amide bonds. The average Bonchev–Trinajstić information content (AvgIpc) is 3.23. The molecule has 0 bridgehead atoms. The van der Waals surface area contributed by atoms with Gasteiger partial charge in [0.05, 0.1) is 48.8 Å². The summed E-state index contributed by atoms with van der Waals surface area (Å²) in [5, 5.41) is 0. The summed E-state index contributed by atoms with van der Waals surface area (Å²) in [6.45, 7) is 8.92. The molecule has 0 saturated heterocycles. The maximum absolute atomic E-state index is 13.8. The third-order valence-corrected chi connectivity index (χ3v) is 7.25. The zero-order valence-electron chi connectivity index (χ0n) is 23.0. The van der Waals surface area contributed by atoms with Crippen molar-refractivity contribution in [1.82, 2.24) is 4.57 Å². The summed E-state index contributed by atoms with van der Waals surface area (Å²) < 4.78 is 24.4. The summed E-state index contributed by atoms with van der Waals surface area (Å²) in [6, 6.07) is 12.3. The van der Waals surface area contributed by atoms with Gasteiger partial charge in [0, 0.05) is 0 Å². The molecule has 0 fully saturated rings. The van der Waals surface area contributed by atoms with Gasteiger partial charge in [0.25, 0.3) is 5.56 Å². The van der Waals surface area contributed by atoms with Crippen LogP contribution < -0.4 is 29.1 Å². The fourth-order valence-corrected chi connectivity index (χ4v) is 5.44. The lowest BCUT2D eigenvalue weighted by atomic mass is 9.96. The van der Waals surface area contributed by atoms with Gasteiger partial charge in [-0.25, -0.2) is 9.79 Å². The van der Waals surface area contributed by atoms with Gasteiger partial charge in [0.1, 0.15) is 5.75 Å². The van der Waals surface area contributed by atoms with Crippen molar-refractivity contribution in [3.8, 4) is 17.2 Å². The number of ether oxygens (including phenoxy) is 4. The predicted molar refractivity (Wildman–Crippen MR) is 151 cm³/mol. The zero-order chi connectivity index (χ0) is 27.9. The monoisotopic (exact) mass is 550 g/mol. The fourth-order valence-electron chi connectivity index (χ4n) is 4.39. The lowest BCUT2D eigenvalue weighted by Crippen LogP contribution is -2.39. The molecule has 2 heterocycles. The van der Waals surface area contributed by atoms with E-state index < -0.39 is 12.0 Å². The number of fused-ring (bicyclic) bond motifs is 1. The highest BCUT2D eigenvalue weighted by Crippen LogP contribution is 2.32. The summed E-state index contributed by atoms with van der Waals surface area (Å²) in [6.07, 6.45) is 3.80. The van der Waals surface area contributed by atoms with Crippen molar-refractivity contribution in [2.24, 2.45) is 4.99 Å². The number of esters is 1. The predicted octanol–water partition coefficient (Wildman–Crippen LogP) is 4.38. The molecule has 0 spiro atoms. The quantitative estimate of drug-likeness (QED) is 0.260. The molecule has 3 aromatic rings. The average molecular weight is 551 g/mol. The number of methoxy groups -OCH3 is 1. The van der Waals surface area contributed by atoms with E-state index in [-0.39, 0.29) is 12.2 Å². The normalized spacial score (nSPS) is 15.0. The van der Waals surface area contributed by atoms with Crippen molar-refractivity contribution in [3.05, 3.63) is 84.5 Å². The van der Waals surface area contributed by atoms with Gasteiger partial charge >= 0.3 is 5.97 Å². The number of nitrogens with zero attached hydrogens (tertiary/aromatic N) is 2. The van der Waals surface area contributed by atoms with Crippen LogP contribution in [0.4, 0.5) is 0 Å². The van der Waals surface area contributed by atoms with Gasteiger partial charge in [-0.15, -0.1) is 0 Å². The third-order valence-electron chi connectivity index (χ3n) is 6.26. The molecule has 39 heavy (non-hydrogen) atoms. The molecule has 1 aliphatic rings. The minimum absolute atomic E-state index is 0.218. The lowest BCUT2D eigenvalue weighted by molar-refractivity contribution is -0.139. The van der Waals surface area contributed by atoms with E-state index in [0.29, 0.717) is 51.1 Å². The van der Waals surface area contributed by atoms with Crippen LogP contribution >= 0.6 is 11.3 Å². The maximum atomic E-state index is 13.8. The van der Waals surface area contributed by atoms with E-state index in [1.54, 1.807) is 31.6 Å². The molecule has 206 valence electrons. The minimum atomic E-state index is -0.679. The molecule has 8 nitrogen and oxygen atoms in total. The third kappa shape index (κ3) is 6.09. The van der Waals surface area contributed by atoms with Crippen molar-refractivity contribution < 1.29 is 23.7 Å². The van der Waals surface area contributed by atoms with E-state index in [1.807, 2.05) is 49.4 Å². The summed E-state index contributed by atoms with van der Waals surface area (Å²) in [7, 11) is 1.59. The molecule has 1 aliphatic heterocycles. The Labute approximate surface area is 231 Å². The van der Waals surface area contributed by atoms with Crippen LogP contribution in [0, 0.1) is 0 Å². The number of carbonyl (C=O) groups is 1. The number of aromatic nitrogens is 1. The first-order valence-corrected chi connectivity index (χ1v) is 14.0. The van der Waals surface area contributed by atoms with Crippen LogP contribution in [0.1, 0.15) is 57.7 Å². The van der Waals surface area contributed by atoms with E-state index in [2.05, 4.69) is 11.9 Å². The van der Waals surface area contributed by atoms with E-state index in [1.165, 1.54) is 11.3 Å². The first-order chi connectivity index (χ1) is 18.9. The number of unbranched alkanes of at least 4 members (excludes halogenated alkanes) is 1. The minimum Gasteiger partial charge on any atom is -0.494 e. The summed E-state index contributed by atoms with van der Waals surface area (Å²) >= 11 is 1.28. The second-order valence-electron chi connectivity index (χ2n) is 8.92. The van der Waals surface area contributed by atoms with Gasteiger partial charge in [0.2, 0.25) is 0 Å². The Balaban J connectivity index is 1.81. The second-order valence-corrected chi connectivity index (χ2v) is 9.93. The van der Waals surface area contributed by atoms with Crippen LogP contribution in [-0.2, 0) is 9.53 Å². The van der Waals surface area contributed by atoms with Gasteiger partial charge in [-0.3, -0.25) is 9.36 Å². The number of allylic oxidation sites excluding steroid dienone is 1. The molecule has 1 aromatic heterocycles. The highest BCUT2D eigenvalue weighted by atomic mass is 32.1. The Morgan fingerprint density at radius 1 is 1.05 bits per heavy atom. The standard InChI is InChI=1S/C30H34N2O6S/c1-6-9-16-38-23-15-10-20(17-24(23)35-5)18-25-28(33)32-27(21-11-13-22(14-12-21)36-7-2)26(29(34)37-8-3)19(4)31-30(32)39-25/h10-15,17-18,27H,6-9,16H2,1-5H3/b25-18+/t27-/m0/s1. The van der Waals surface area contributed by atoms with Crippen LogP contribution in [0.5, 0.6) is 17.2 Å². The fraction of sp³-hybridized carbons (Fsp3) is 0.367. The summed E-state index contributed by atoms with van der Waals surface area (Å²) in [5.74, 6) is 1.48. The number of hydrogen-bond donors (Lipinski definition) is 0. The van der Waals surface area contributed by atoms with Gasteiger partial charge in [0.15, 0.2) is 16.3 Å². The molecule has 0 N–H and O–H groups in total. The summed E-state index contributed by atoms with van der Waals surface area (Å²) in [4.78, 5) is 32.0. The largest absolute Gasteiger partial charge is 0.494 e. The zero-order valence-corrected chi connectivity index (χ0v) is 23.8. The first kappa shape index (κ1) is 28.2. The van der Waals surface area contributed by atoms with Gasteiger partial charge < -0.3 is 18.9 Å². The van der Waals surface area contributed by atoms with Crippen molar-refractivity contribution in [3.63, 3.8) is 0 Å². The van der Waals surface area contributed by atoms with Gasteiger partial charge in [-0.2, -0.15) is 0 Å². The SMILES string of the molecule is CCCCOc1ccc(/C=c2/sc3n(c2=O)[C@@H](c2ccc(OCC)cc2)C(C(=O)OCC)=C(C)N=3)cc1OC. The molecule has 0 saturated carbocycles. The number of thiazole rings is 1. The van der Waals surface area contributed by atoms with Crippen molar-refractivity contribution in [2.45, 2.75) is 46.6 Å². The molecule has 0 unspecified atom stereocenters. The molecule has 2 aromatic carbocycles. The molecule has 9 heteroatoms. The van der Waals surface area contributed by atoms with Gasteiger partial charge in [-0.1, -0.05) is 42.9 Å². The maximum Gasteiger partial charge on any atom is 0.338 e. The first-order valence-electron chi connectivity index (χ1n) is 13.1. The van der Waals surface area contributed by atoms with Crippen LogP contribution in [0.2, 0.25) is 0 Å². The number of rotatable bonds is 11. The van der Waals surface area contributed by atoms with Crippen molar-refractivity contribution >= 4 is 23.4 Å². The molecule has 4 rings (SSSR count). The molecular weight excluding hydrogens is 516 g/mol. The lowest BCUT2D eigenvalue weighted by Gasteiger charge is -2.24. The van der Waals surface area contributed by atoms with Gasteiger partial charge in [-0.05, 0) is 68.7 Å². The number of benzene rings is 2. The van der Waals surface area contributed by atoms with Crippen LogP contribution in [0.3, 0.4) is 0 Å². The van der Waals surface area contributed by atoms with E-state index in [4.69, 9.17) is 18.9 Å². The van der Waals surface area contributed by atoms with E-state index >= 15 is 0 Å². The summed E-state index contributed by atoms with van der Waals surface area (Å²) in [5.41, 5.74) is 2.18. The highest BCUT2D eigenvalue weighted by molar-refractivity contribution is 7.07. The second kappa shape index (κ2) is 12.8. The Hall–Kier alpha value is -3.85. The Kier molecular flexibility index (Phi) is 9.24.